The Balaban J connectivity index is 2.13. The third-order valence-electron chi connectivity index (χ3n) is 5.37. The summed E-state index contributed by atoms with van der Waals surface area (Å²) in [6.07, 6.45) is 2.37. The fraction of sp³-hybridized carbons (Fsp3) is 0.440. The molecule has 2 N–H and O–H groups in total. The Morgan fingerprint density at radius 1 is 0.969 bits per heavy atom. The molecule has 7 nitrogen and oxygen atoms in total. The van der Waals surface area contributed by atoms with Crippen LogP contribution in [0.15, 0.2) is 36.5 Å². The molecule has 0 saturated heterocycles. The van der Waals surface area contributed by atoms with Crippen LogP contribution < -0.4 is 15.5 Å². The summed E-state index contributed by atoms with van der Waals surface area (Å²) in [5.74, 6) is -0.362. The number of nitrogens with one attached hydrogen (secondary N) is 2. The molecule has 1 aromatic heterocycles. The van der Waals surface area contributed by atoms with E-state index in [4.69, 9.17) is 0 Å². The van der Waals surface area contributed by atoms with Gasteiger partial charge in [0.25, 0.3) is 0 Å². The van der Waals surface area contributed by atoms with Gasteiger partial charge >= 0.3 is 0 Å². The number of benzene rings is 1. The van der Waals surface area contributed by atoms with Gasteiger partial charge in [-0.15, -0.1) is 0 Å². The van der Waals surface area contributed by atoms with Gasteiger partial charge in [0.2, 0.25) is 17.7 Å². The van der Waals surface area contributed by atoms with E-state index in [1.165, 1.54) is 4.90 Å². The topological polar surface area (TPSA) is 91.4 Å². The summed E-state index contributed by atoms with van der Waals surface area (Å²) in [5, 5.41) is 5.69. The average molecular weight is 439 g/mol. The number of carbonyl (C=O) groups excluding carboxylic acids is 3. The number of amides is 3. The quantitative estimate of drug-likeness (QED) is 0.618. The Hall–Kier alpha value is -3.22. The first kappa shape index (κ1) is 25.0. The molecule has 32 heavy (non-hydrogen) atoms. The highest BCUT2D eigenvalue weighted by molar-refractivity contribution is 6.01. The molecule has 0 atom stereocenters. The fourth-order valence-electron chi connectivity index (χ4n) is 3.13. The summed E-state index contributed by atoms with van der Waals surface area (Å²) in [6, 6.07) is 9.38. The molecule has 1 heterocycles. The number of anilines is 2. The second-order valence-electron chi connectivity index (χ2n) is 8.82. The van der Waals surface area contributed by atoms with Crippen molar-refractivity contribution in [2.75, 3.05) is 16.8 Å². The SMILES string of the molecule is CCC(C)(C)NC(=O)CN(C(=O)CCC(=O)Nc1cc(C)ccn1)c1cc(C)ccc1C. The van der Waals surface area contributed by atoms with E-state index in [1.54, 1.807) is 12.3 Å². The zero-order valence-electron chi connectivity index (χ0n) is 19.9. The highest BCUT2D eigenvalue weighted by Crippen LogP contribution is 2.23. The van der Waals surface area contributed by atoms with Gasteiger partial charge in [0, 0.05) is 30.3 Å². The zero-order valence-corrected chi connectivity index (χ0v) is 19.9. The summed E-state index contributed by atoms with van der Waals surface area (Å²) in [4.78, 5) is 43.8. The molecule has 2 rings (SSSR count). The summed E-state index contributed by atoms with van der Waals surface area (Å²) in [6.45, 7) is 11.5. The number of nitrogens with zero attached hydrogens (tertiary/aromatic N) is 2. The lowest BCUT2D eigenvalue weighted by Gasteiger charge is -2.29. The monoisotopic (exact) mass is 438 g/mol. The number of aryl methyl sites for hydroxylation is 3. The van der Waals surface area contributed by atoms with Crippen LogP contribution in [0, 0.1) is 20.8 Å². The van der Waals surface area contributed by atoms with Crippen LogP contribution in [0.25, 0.3) is 0 Å². The minimum atomic E-state index is -0.367. The highest BCUT2D eigenvalue weighted by Gasteiger charge is 2.24. The fourth-order valence-corrected chi connectivity index (χ4v) is 3.13. The molecule has 0 aliphatic carbocycles. The zero-order chi connectivity index (χ0) is 23.9. The van der Waals surface area contributed by atoms with E-state index in [9.17, 15) is 14.4 Å². The maximum Gasteiger partial charge on any atom is 0.240 e. The number of pyridine rings is 1. The van der Waals surface area contributed by atoms with Gasteiger partial charge in [-0.1, -0.05) is 19.1 Å². The predicted molar refractivity (Wildman–Crippen MR) is 128 cm³/mol. The Kier molecular flexibility index (Phi) is 8.52. The number of hydrogen-bond acceptors (Lipinski definition) is 4. The van der Waals surface area contributed by atoms with Gasteiger partial charge < -0.3 is 15.5 Å². The maximum absolute atomic E-state index is 13.1. The van der Waals surface area contributed by atoms with Gasteiger partial charge in [0.1, 0.15) is 12.4 Å². The largest absolute Gasteiger partial charge is 0.350 e. The van der Waals surface area contributed by atoms with Crippen molar-refractivity contribution in [2.45, 2.75) is 66.3 Å². The van der Waals surface area contributed by atoms with Gasteiger partial charge in [0.15, 0.2) is 0 Å². The van der Waals surface area contributed by atoms with E-state index in [-0.39, 0.29) is 42.6 Å². The normalized spacial score (nSPS) is 11.1. The third-order valence-corrected chi connectivity index (χ3v) is 5.37. The lowest BCUT2D eigenvalue weighted by Crippen LogP contribution is -2.48. The summed E-state index contributed by atoms with van der Waals surface area (Å²) in [5.41, 5.74) is 3.17. The molecule has 7 heteroatoms. The number of hydrogen-bond donors (Lipinski definition) is 2. The van der Waals surface area contributed by atoms with Crippen LogP contribution in [0.2, 0.25) is 0 Å². The molecule has 3 amide bonds. The van der Waals surface area contributed by atoms with Gasteiger partial charge in [-0.3, -0.25) is 14.4 Å². The van der Waals surface area contributed by atoms with Crippen molar-refractivity contribution >= 4 is 29.2 Å². The molecular weight excluding hydrogens is 404 g/mol. The highest BCUT2D eigenvalue weighted by atomic mass is 16.2. The first-order valence-electron chi connectivity index (χ1n) is 10.9. The van der Waals surface area contributed by atoms with Crippen LogP contribution in [0.3, 0.4) is 0 Å². The van der Waals surface area contributed by atoms with Crippen LogP contribution in [-0.4, -0.2) is 34.8 Å². The van der Waals surface area contributed by atoms with Crippen LogP contribution in [-0.2, 0) is 14.4 Å². The van der Waals surface area contributed by atoms with Crippen molar-refractivity contribution < 1.29 is 14.4 Å². The Labute approximate surface area is 190 Å². The van der Waals surface area contributed by atoms with Gasteiger partial charge in [-0.2, -0.15) is 0 Å². The summed E-state index contributed by atoms with van der Waals surface area (Å²) < 4.78 is 0. The standard InChI is InChI=1S/C25H34N4O3/c1-7-25(5,6)28-23(31)16-29(20-14-17(2)8-9-19(20)4)24(32)11-10-22(30)27-21-15-18(3)12-13-26-21/h8-9,12-15H,7,10-11,16H2,1-6H3,(H,28,31)(H,26,27,30). The predicted octanol–water partition coefficient (Wildman–Crippen LogP) is 4.06. The third kappa shape index (κ3) is 7.48. The smallest absolute Gasteiger partial charge is 0.240 e. The molecule has 0 radical (unpaired) electrons. The van der Waals surface area contributed by atoms with E-state index in [0.29, 0.717) is 11.5 Å². The minimum Gasteiger partial charge on any atom is -0.350 e. The Morgan fingerprint density at radius 2 is 1.66 bits per heavy atom. The van der Waals surface area contributed by atoms with E-state index in [0.717, 1.165) is 23.1 Å². The first-order chi connectivity index (χ1) is 15.0. The first-order valence-corrected chi connectivity index (χ1v) is 10.9. The molecule has 0 spiro atoms. The molecule has 0 fully saturated rings. The lowest BCUT2D eigenvalue weighted by molar-refractivity contribution is -0.125. The van der Waals surface area contributed by atoms with Crippen molar-refractivity contribution in [3.05, 3.63) is 53.2 Å². The molecule has 0 saturated carbocycles. The van der Waals surface area contributed by atoms with Crippen molar-refractivity contribution in [3.8, 4) is 0 Å². The van der Waals surface area contributed by atoms with E-state index < -0.39 is 0 Å². The molecular formula is C25H34N4O3. The Morgan fingerprint density at radius 3 is 2.31 bits per heavy atom. The summed E-state index contributed by atoms with van der Waals surface area (Å²) >= 11 is 0. The van der Waals surface area contributed by atoms with Gasteiger partial charge in [0.05, 0.1) is 0 Å². The lowest BCUT2D eigenvalue weighted by atomic mass is 10.0. The van der Waals surface area contributed by atoms with Crippen LogP contribution in [0.4, 0.5) is 11.5 Å². The van der Waals surface area contributed by atoms with Gasteiger partial charge in [-0.25, -0.2) is 4.98 Å². The molecule has 0 unspecified atom stereocenters. The molecule has 0 aliphatic heterocycles. The number of carbonyl (C=O) groups is 3. The van der Waals surface area contributed by atoms with E-state index >= 15 is 0 Å². The second kappa shape index (κ2) is 10.9. The van der Waals surface area contributed by atoms with Crippen molar-refractivity contribution in [3.63, 3.8) is 0 Å². The molecule has 172 valence electrons. The second-order valence-corrected chi connectivity index (χ2v) is 8.82. The maximum atomic E-state index is 13.1. The van der Waals surface area contributed by atoms with Crippen molar-refractivity contribution in [2.24, 2.45) is 0 Å². The minimum absolute atomic E-state index is 0.00209. The van der Waals surface area contributed by atoms with Crippen LogP contribution >= 0.6 is 0 Å². The van der Waals surface area contributed by atoms with E-state index in [2.05, 4.69) is 15.6 Å². The van der Waals surface area contributed by atoms with Crippen LogP contribution in [0.1, 0.15) is 56.7 Å². The van der Waals surface area contributed by atoms with Crippen molar-refractivity contribution in [1.82, 2.24) is 10.3 Å². The van der Waals surface area contributed by atoms with Crippen LogP contribution in [0.5, 0.6) is 0 Å². The molecule has 0 aliphatic rings. The number of aromatic nitrogens is 1. The number of rotatable bonds is 9. The molecule has 2 aromatic rings. The van der Waals surface area contributed by atoms with Crippen molar-refractivity contribution in [1.29, 1.82) is 0 Å². The van der Waals surface area contributed by atoms with E-state index in [1.807, 2.05) is 65.8 Å². The molecule has 1 aromatic carbocycles. The average Bonchev–Trinajstić information content (AvgIpc) is 2.72. The van der Waals surface area contributed by atoms with Gasteiger partial charge in [-0.05, 0) is 75.9 Å². The molecule has 0 bridgehead atoms. The summed E-state index contributed by atoms with van der Waals surface area (Å²) in [7, 11) is 0. The Bertz CT molecular complexity index is 985.